The van der Waals surface area contributed by atoms with E-state index in [4.69, 9.17) is 20.8 Å². The van der Waals surface area contributed by atoms with Crippen LogP contribution in [0.3, 0.4) is 0 Å². The second kappa shape index (κ2) is 5.54. The third kappa shape index (κ3) is 2.80. The van der Waals surface area contributed by atoms with E-state index in [1.54, 1.807) is 6.07 Å². The van der Waals surface area contributed by atoms with Crippen molar-refractivity contribution in [2.45, 2.75) is 19.4 Å². The molecule has 17 heavy (non-hydrogen) atoms. The normalized spacial score (nSPS) is 13.1. The smallest absolute Gasteiger partial charge is 0.152 e. The molecule has 0 radical (unpaired) electrons. The maximum atomic E-state index is 9.92. The number of halogens is 1. The predicted molar refractivity (Wildman–Crippen MR) is 67.3 cm³/mol. The summed E-state index contributed by atoms with van der Waals surface area (Å²) in [5.41, 5.74) is 0.625. The van der Waals surface area contributed by atoms with Gasteiger partial charge >= 0.3 is 0 Å². The van der Waals surface area contributed by atoms with Gasteiger partial charge in [-0.15, -0.1) is 0 Å². The fourth-order valence-electron chi connectivity index (χ4n) is 1.69. The average Bonchev–Trinajstić information content (AvgIpc) is 2.75. The fourth-order valence-corrected chi connectivity index (χ4v) is 1.91. The van der Waals surface area contributed by atoms with Crippen molar-refractivity contribution in [3.63, 3.8) is 0 Å². The van der Waals surface area contributed by atoms with Gasteiger partial charge in [0.05, 0.1) is 5.02 Å². The first-order chi connectivity index (χ1) is 8.22. The Morgan fingerprint density at radius 2 is 2.29 bits per heavy atom. The van der Waals surface area contributed by atoms with Crippen LogP contribution in [-0.4, -0.2) is 18.3 Å². The van der Waals surface area contributed by atoms with Crippen molar-refractivity contribution >= 4 is 22.6 Å². The summed E-state index contributed by atoms with van der Waals surface area (Å²) in [5.74, 6) is 0.535. The molecule has 1 heterocycles. The lowest BCUT2D eigenvalue weighted by Gasteiger charge is -2.06. The number of benzene rings is 1. The van der Waals surface area contributed by atoms with E-state index in [0.717, 1.165) is 5.39 Å². The highest BCUT2D eigenvalue weighted by atomic mass is 35.5. The molecule has 0 saturated heterocycles. The zero-order chi connectivity index (χ0) is 12.3. The van der Waals surface area contributed by atoms with Gasteiger partial charge in [0.2, 0.25) is 0 Å². The maximum absolute atomic E-state index is 9.92. The van der Waals surface area contributed by atoms with Crippen LogP contribution in [0.15, 0.2) is 28.7 Å². The molecule has 0 aliphatic rings. The minimum atomic E-state index is -0.648. The van der Waals surface area contributed by atoms with Crippen molar-refractivity contribution < 1.29 is 14.3 Å². The number of aliphatic hydroxyl groups is 1. The summed E-state index contributed by atoms with van der Waals surface area (Å²) in [7, 11) is 0. The van der Waals surface area contributed by atoms with Crippen molar-refractivity contribution in [1.29, 1.82) is 0 Å². The molecule has 0 aliphatic heterocycles. The van der Waals surface area contributed by atoms with E-state index in [1.807, 2.05) is 25.1 Å². The van der Waals surface area contributed by atoms with Crippen LogP contribution in [0.25, 0.3) is 11.0 Å². The lowest BCUT2D eigenvalue weighted by molar-refractivity contribution is 0.0781. The number of ether oxygens (including phenoxy) is 1. The van der Waals surface area contributed by atoms with Crippen molar-refractivity contribution in [2.24, 2.45) is 0 Å². The van der Waals surface area contributed by atoms with Gasteiger partial charge in [-0.1, -0.05) is 23.7 Å². The summed E-state index contributed by atoms with van der Waals surface area (Å²) in [4.78, 5) is 0. The van der Waals surface area contributed by atoms with Gasteiger partial charge < -0.3 is 14.3 Å². The van der Waals surface area contributed by atoms with Crippen LogP contribution in [0.1, 0.15) is 25.2 Å². The number of fused-ring (bicyclic) bond motifs is 1. The van der Waals surface area contributed by atoms with E-state index in [1.165, 1.54) is 0 Å². The Bertz CT molecular complexity index is 492. The molecule has 1 aromatic carbocycles. The molecule has 0 fully saturated rings. The first-order valence-electron chi connectivity index (χ1n) is 5.66. The van der Waals surface area contributed by atoms with Crippen LogP contribution in [-0.2, 0) is 4.74 Å². The van der Waals surface area contributed by atoms with Gasteiger partial charge in [-0.05, 0) is 19.1 Å². The number of rotatable bonds is 5. The highest BCUT2D eigenvalue weighted by molar-refractivity contribution is 6.34. The third-order valence-electron chi connectivity index (χ3n) is 2.58. The summed E-state index contributed by atoms with van der Waals surface area (Å²) < 4.78 is 10.7. The minimum Gasteiger partial charge on any atom is -0.457 e. The number of hydrogen-bond acceptors (Lipinski definition) is 3. The van der Waals surface area contributed by atoms with Crippen LogP contribution in [0.5, 0.6) is 0 Å². The van der Waals surface area contributed by atoms with E-state index < -0.39 is 6.10 Å². The first kappa shape index (κ1) is 12.4. The lowest BCUT2D eigenvalue weighted by atomic mass is 10.2. The Morgan fingerprint density at radius 1 is 1.47 bits per heavy atom. The van der Waals surface area contributed by atoms with E-state index in [9.17, 15) is 5.11 Å². The Kier molecular flexibility index (Phi) is 4.05. The molecule has 0 spiro atoms. The second-order valence-electron chi connectivity index (χ2n) is 3.81. The largest absolute Gasteiger partial charge is 0.457 e. The predicted octanol–water partition coefficient (Wildman–Crippen LogP) is 3.55. The molecule has 3 nitrogen and oxygen atoms in total. The van der Waals surface area contributed by atoms with E-state index in [2.05, 4.69) is 0 Å². The summed E-state index contributed by atoms with van der Waals surface area (Å²) in [6.45, 7) is 3.09. The Balaban J connectivity index is 2.16. The molecular formula is C13H15ClO3. The second-order valence-corrected chi connectivity index (χ2v) is 4.22. The van der Waals surface area contributed by atoms with Gasteiger partial charge in [0, 0.05) is 25.0 Å². The SMILES string of the molecule is CCOCCC(O)c1cc2cccc(Cl)c2o1. The third-order valence-corrected chi connectivity index (χ3v) is 2.88. The zero-order valence-corrected chi connectivity index (χ0v) is 10.4. The van der Waals surface area contributed by atoms with Gasteiger partial charge in [0.1, 0.15) is 11.9 Å². The van der Waals surface area contributed by atoms with Crippen LogP contribution < -0.4 is 0 Å². The van der Waals surface area contributed by atoms with Gasteiger partial charge in [-0.3, -0.25) is 0 Å². The number of hydrogen-bond donors (Lipinski definition) is 1. The van der Waals surface area contributed by atoms with Crippen molar-refractivity contribution in [3.8, 4) is 0 Å². The first-order valence-corrected chi connectivity index (χ1v) is 6.04. The topological polar surface area (TPSA) is 42.6 Å². The molecule has 92 valence electrons. The molecule has 4 heteroatoms. The molecule has 1 unspecified atom stereocenters. The maximum Gasteiger partial charge on any atom is 0.152 e. The molecule has 0 saturated carbocycles. The summed E-state index contributed by atoms with van der Waals surface area (Å²) >= 11 is 6.00. The zero-order valence-electron chi connectivity index (χ0n) is 9.65. The molecule has 0 amide bonds. The Labute approximate surface area is 105 Å². The molecule has 0 bridgehead atoms. The van der Waals surface area contributed by atoms with Gasteiger partial charge in [0.25, 0.3) is 0 Å². The standard InChI is InChI=1S/C13H15ClO3/c1-2-16-7-6-11(15)12-8-9-4-3-5-10(14)13(9)17-12/h3-5,8,11,15H,2,6-7H2,1H3. The van der Waals surface area contributed by atoms with Crippen molar-refractivity contribution in [2.75, 3.05) is 13.2 Å². The number of para-hydroxylation sites is 1. The van der Waals surface area contributed by atoms with Crippen molar-refractivity contribution in [1.82, 2.24) is 0 Å². The van der Waals surface area contributed by atoms with Gasteiger partial charge in [0.15, 0.2) is 5.58 Å². The Hall–Kier alpha value is -1.03. The number of furan rings is 1. The summed E-state index contributed by atoms with van der Waals surface area (Å²) in [6.07, 6.45) is -0.129. The summed E-state index contributed by atoms with van der Waals surface area (Å²) in [5, 5.41) is 11.4. The fraction of sp³-hybridized carbons (Fsp3) is 0.385. The molecule has 2 aromatic rings. The molecule has 2 rings (SSSR count). The van der Waals surface area contributed by atoms with Gasteiger partial charge in [-0.25, -0.2) is 0 Å². The van der Waals surface area contributed by atoms with Gasteiger partial charge in [-0.2, -0.15) is 0 Å². The molecule has 1 N–H and O–H groups in total. The van der Waals surface area contributed by atoms with Crippen molar-refractivity contribution in [3.05, 3.63) is 35.0 Å². The van der Waals surface area contributed by atoms with Crippen LogP contribution in [0, 0.1) is 0 Å². The molecular weight excluding hydrogens is 240 g/mol. The molecule has 0 aliphatic carbocycles. The Morgan fingerprint density at radius 3 is 3.00 bits per heavy atom. The highest BCUT2D eigenvalue weighted by Crippen LogP contribution is 2.30. The quantitative estimate of drug-likeness (QED) is 0.830. The van der Waals surface area contributed by atoms with E-state index in [0.29, 0.717) is 36.0 Å². The van der Waals surface area contributed by atoms with Crippen LogP contribution in [0.4, 0.5) is 0 Å². The highest BCUT2D eigenvalue weighted by Gasteiger charge is 2.14. The number of aliphatic hydroxyl groups excluding tert-OH is 1. The average molecular weight is 255 g/mol. The lowest BCUT2D eigenvalue weighted by Crippen LogP contribution is -2.02. The molecule has 1 aromatic heterocycles. The van der Waals surface area contributed by atoms with E-state index >= 15 is 0 Å². The monoisotopic (exact) mass is 254 g/mol. The van der Waals surface area contributed by atoms with E-state index in [-0.39, 0.29) is 0 Å². The minimum absolute atomic E-state index is 0.516. The summed E-state index contributed by atoms with van der Waals surface area (Å²) in [6, 6.07) is 7.35. The van der Waals surface area contributed by atoms with Crippen LogP contribution in [0.2, 0.25) is 5.02 Å². The van der Waals surface area contributed by atoms with Crippen LogP contribution >= 0.6 is 11.6 Å². The molecule has 1 atom stereocenters.